The van der Waals surface area contributed by atoms with Crippen molar-refractivity contribution in [1.82, 2.24) is 0 Å². The number of thiol groups is 2. The van der Waals surface area contributed by atoms with E-state index < -0.39 is 0 Å². The fourth-order valence-corrected chi connectivity index (χ4v) is 1.11. The van der Waals surface area contributed by atoms with Crippen LogP contribution < -0.4 is 0 Å². The summed E-state index contributed by atoms with van der Waals surface area (Å²) in [6.07, 6.45) is 5.38. The molecule has 10 heavy (non-hydrogen) atoms. The highest BCUT2D eigenvalue weighted by Gasteiger charge is 1.98. The molecule has 0 fully saturated rings. The van der Waals surface area contributed by atoms with Crippen LogP contribution in [-0.4, -0.2) is 10.5 Å². The summed E-state index contributed by atoms with van der Waals surface area (Å²) < 4.78 is 0. The molecule has 0 aromatic heterocycles. The van der Waals surface area contributed by atoms with Crippen LogP contribution in [0.4, 0.5) is 0 Å². The Labute approximate surface area is 74.9 Å². The average Bonchev–Trinajstić information content (AvgIpc) is 1.87. The van der Waals surface area contributed by atoms with Gasteiger partial charge in [0.1, 0.15) is 0 Å². The molecule has 0 aliphatic rings. The molecule has 0 rings (SSSR count). The van der Waals surface area contributed by atoms with Gasteiger partial charge in [-0.3, -0.25) is 0 Å². The normalized spacial score (nSPS) is 16.3. The summed E-state index contributed by atoms with van der Waals surface area (Å²) in [5.41, 5.74) is 0. The maximum absolute atomic E-state index is 4.29. The van der Waals surface area contributed by atoms with Gasteiger partial charge in [-0.2, -0.15) is 25.3 Å². The molecule has 0 saturated heterocycles. The van der Waals surface area contributed by atoms with Crippen molar-refractivity contribution in [3.63, 3.8) is 0 Å². The van der Waals surface area contributed by atoms with Gasteiger partial charge in [0.05, 0.1) is 0 Å². The van der Waals surface area contributed by atoms with Crippen molar-refractivity contribution in [3.8, 4) is 0 Å². The minimum absolute atomic E-state index is 0.368. The lowest BCUT2D eigenvalue weighted by atomic mass is 10.1. The lowest BCUT2D eigenvalue weighted by Gasteiger charge is -2.05. The lowest BCUT2D eigenvalue weighted by Crippen LogP contribution is -1.96. The summed E-state index contributed by atoms with van der Waals surface area (Å²) >= 11 is 8.57. The maximum Gasteiger partial charge on any atom is 0.0194 e. The Kier molecular flexibility index (Phi) is 6.44. The summed E-state index contributed by atoms with van der Waals surface area (Å²) in [5, 5.41) is 0.887. The largest absolute Gasteiger partial charge is 0.176 e. The molecule has 0 amide bonds. The molecule has 0 bridgehead atoms. The third-order valence-electron chi connectivity index (χ3n) is 1.39. The van der Waals surface area contributed by atoms with Crippen LogP contribution in [-0.2, 0) is 0 Å². The zero-order valence-electron chi connectivity index (χ0n) is 6.45. The van der Waals surface area contributed by atoms with Crippen LogP contribution in [0.5, 0.6) is 0 Å². The second-order valence-corrected chi connectivity index (χ2v) is 4.13. The van der Waals surface area contributed by atoms with Gasteiger partial charge in [-0.05, 0) is 18.1 Å². The summed E-state index contributed by atoms with van der Waals surface area (Å²) in [6.45, 7) is 5.78. The third-order valence-corrected chi connectivity index (χ3v) is 2.12. The van der Waals surface area contributed by atoms with Crippen LogP contribution >= 0.6 is 25.3 Å². The minimum Gasteiger partial charge on any atom is -0.176 e. The molecule has 0 spiro atoms. The van der Waals surface area contributed by atoms with E-state index in [0.717, 1.165) is 6.42 Å². The Morgan fingerprint density at radius 1 is 1.40 bits per heavy atom. The van der Waals surface area contributed by atoms with E-state index in [4.69, 9.17) is 0 Å². The van der Waals surface area contributed by atoms with Gasteiger partial charge in [-0.1, -0.05) is 19.4 Å². The first-order valence-electron chi connectivity index (χ1n) is 3.65. The first kappa shape index (κ1) is 10.4. The van der Waals surface area contributed by atoms with Gasteiger partial charge in [-0.15, -0.1) is 6.58 Å². The SMILES string of the molecule is C=CC(S)CCCC(C)S. The molecule has 2 unspecified atom stereocenters. The molecule has 0 aromatic rings. The van der Waals surface area contributed by atoms with E-state index in [1.807, 2.05) is 6.08 Å². The molecule has 0 aromatic carbocycles. The summed E-state index contributed by atoms with van der Waals surface area (Å²) in [7, 11) is 0. The monoisotopic (exact) mass is 176 g/mol. The van der Waals surface area contributed by atoms with Gasteiger partial charge in [0, 0.05) is 5.25 Å². The van der Waals surface area contributed by atoms with Crippen LogP contribution in [0, 0.1) is 0 Å². The van der Waals surface area contributed by atoms with E-state index in [-0.39, 0.29) is 0 Å². The van der Waals surface area contributed by atoms with Gasteiger partial charge >= 0.3 is 0 Å². The second-order valence-electron chi connectivity index (χ2n) is 2.58. The van der Waals surface area contributed by atoms with E-state index in [0.29, 0.717) is 10.5 Å². The first-order chi connectivity index (χ1) is 4.66. The number of hydrogen-bond acceptors (Lipinski definition) is 2. The second kappa shape index (κ2) is 6.17. The van der Waals surface area contributed by atoms with Crippen molar-refractivity contribution < 1.29 is 0 Å². The highest BCUT2D eigenvalue weighted by atomic mass is 32.1. The first-order valence-corrected chi connectivity index (χ1v) is 4.68. The molecule has 0 saturated carbocycles. The predicted molar refractivity (Wildman–Crippen MR) is 55.3 cm³/mol. The highest BCUT2D eigenvalue weighted by Crippen LogP contribution is 2.11. The fraction of sp³-hybridized carbons (Fsp3) is 0.750. The third kappa shape index (κ3) is 6.56. The van der Waals surface area contributed by atoms with Gasteiger partial charge in [0.25, 0.3) is 0 Å². The topological polar surface area (TPSA) is 0 Å². The molecule has 2 atom stereocenters. The smallest absolute Gasteiger partial charge is 0.0194 e. The molecule has 0 aliphatic heterocycles. The predicted octanol–water partition coefficient (Wildman–Crippen LogP) is 2.96. The molecule has 2 heteroatoms. The van der Waals surface area contributed by atoms with Gasteiger partial charge in [-0.25, -0.2) is 0 Å². The zero-order chi connectivity index (χ0) is 7.98. The van der Waals surface area contributed by atoms with Crippen molar-refractivity contribution in [1.29, 1.82) is 0 Å². The van der Waals surface area contributed by atoms with E-state index >= 15 is 0 Å². The maximum atomic E-state index is 4.29. The Hall–Kier alpha value is 0.440. The molecular formula is C8H16S2. The summed E-state index contributed by atoms with van der Waals surface area (Å²) in [6, 6.07) is 0. The van der Waals surface area contributed by atoms with Crippen molar-refractivity contribution in [3.05, 3.63) is 12.7 Å². The quantitative estimate of drug-likeness (QED) is 0.467. The molecule has 0 aliphatic carbocycles. The Morgan fingerprint density at radius 3 is 2.40 bits per heavy atom. The van der Waals surface area contributed by atoms with E-state index in [1.54, 1.807) is 0 Å². The Bertz CT molecular complexity index is 89.3. The highest BCUT2D eigenvalue weighted by molar-refractivity contribution is 7.81. The molecule has 0 nitrogen and oxygen atoms in total. The van der Waals surface area contributed by atoms with E-state index in [2.05, 4.69) is 38.8 Å². The minimum atomic E-state index is 0.368. The molecule has 0 N–H and O–H groups in total. The van der Waals surface area contributed by atoms with Crippen LogP contribution in [0.25, 0.3) is 0 Å². The Balaban J connectivity index is 3.11. The Morgan fingerprint density at radius 2 is 2.00 bits per heavy atom. The number of rotatable bonds is 5. The van der Waals surface area contributed by atoms with Crippen molar-refractivity contribution in [2.45, 2.75) is 36.7 Å². The van der Waals surface area contributed by atoms with Gasteiger partial charge < -0.3 is 0 Å². The van der Waals surface area contributed by atoms with Crippen LogP contribution in [0.2, 0.25) is 0 Å². The zero-order valence-corrected chi connectivity index (χ0v) is 8.24. The molecule has 0 radical (unpaired) electrons. The summed E-state index contributed by atoms with van der Waals surface area (Å²) in [4.78, 5) is 0. The van der Waals surface area contributed by atoms with Crippen LogP contribution in [0.15, 0.2) is 12.7 Å². The van der Waals surface area contributed by atoms with Gasteiger partial charge in [0.2, 0.25) is 0 Å². The van der Waals surface area contributed by atoms with Crippen molar-refractivity contribution >= 4 is 25.3 Å². The van der Waals surface area contributed by atoms with Crippen LogP contribution in [0.1, 0.15) is 26.2 Å². The average molecular weight is 176 g/mol. The number of hydrogen-bond donors (Lipinski definition) is 2. The molecule has 60 valence electrons. The van der Waals surface area contributed by atoms with Crippen LogP contribution in [0.3, 0.4) is 0 Å². The van der Waals surface area contributed by atoms with E-state index in [9.17, 15) is 0 Å². The molecular weight excluding hydrogens is 160 g/mol. The summed E-state index contributed by atoms with van der Waals surface area (Å²) in [5.74, 6) is 0. The van der Waals surface area contributed by atoms with Gasteiger partial charge in [0.15, 0.2) is 0 Å². The van der Waals surface area contributed by atoms with Crippen molar-refractivity contribution in [2.24, 2.45) is 0 Å². The van der Waals surface area contributed by atoms with E-state index in [1.165, 1.54) is 12.8 Å². The lowest BCUT2D eigenvalue weighted by molar-refractivity contribution is 0.694. The molecule has 0 heterocycles. The standard InChI is InChI=1S/C8H16S2/c1-3-8(10)6-4-5-7(2)9/h3,7-10H,1,4-6H2,2H3. The van der Waals surface area contributed by atoms with Crippen molar-refractivity contribution in [2.75, 3.05) is 0 Å². The fourth-order valence-electron chi connectivity index (χ4n) is 0.740.